The zero-order chi connectivity index (χ0) is 98.1. The van der Waals surface area contributed by atoms with Gasteiger partial charge in [-0.3, -0.25) is 4.98 Å². The second-order valence-corrected chi connectivity index (χ2v) is 42.9. The molecule has 0 saturated carbocycles. The van der Waals surface area contributed by atoms with Gasteiger partial charge in [-0.1, -0.05) is 335 Å². The van der Waals surface area contributed by atoms with Crippen LogP contribution >= 0.6 is 15.9 Å². The van der Waals surface area contributed by atoms with Crippen LogP contribution in [0, 0.1) is 0 Å². The van der Waals surface area contributed by atoms with Gasteiger partial charge < -0.3 is 37.7 Å². The van der Waals surface area contributed by atoms with Crippen molar-refractivity contribution in [2.24, 2.45) is 0 Å². The maximum absolute atomic E-state index is 6.43. The summed E-state index contributed by atoms with van der Waals surface area (Å²) in [6, 6.07) is 152. The van der Waals surface area contributed by atoms with E-state index in [0.717, 1.165) is 38.3 Å². The second-order valence-electron chi connectivity index (χ2n) is 42.0. The Bertz CT molecular complexity index is 8360. The number of nitrogens with zero attached hydrogens (tertiary/aromatic N) is 4. The Labute approximate surface area is 859 Å². The van der Waals surface area contributed by atoms with E-state index >= 15 is 0 Å². The van der Waals surface area contributed by atoms with Crippen LogP contribution in [0.5, 0.6) is 0 Å². The van der Waals surface area contributed by atoms with E-state index in [9.17, 15) is 0 Å². The molecule has 7 heterocycles. The summed E-state index contributed by atoms with van der Waals surface area (Å²) in [4.78, 5) is 14.6. The fourth-order valence-electron chi connectivity index (χ4n) is 23.6. The molecular weight excluding hydrogens is 1840 g/mol. The molecule has 7 aliphatic rings. The summed E-state index contributed by atoms with van der Waals surface area (Å²) < 4.78 is 37.5. The summed E-state index contributed by atoms with van der Waals surface area (Å²) in [6.07, 6.45) is 3.99. The molecule has 3 fully saturated rings. The van der Waals surface area contributed by atoms with Gasteiger partial charge in [0.25, 0.3) is 0 Å². The average Bonchev–Trinajstić information content (AvgIpc) is 1.55. The largest absolute Gasteiger partial charge is 0.514 e. The number of halogens is 1. The van der Waals surface area contributed by atoms with Crippen LogP contribution in [-0.4, -0.2) is 64.7 Å². The van der Waals surface area contributed by atoms with Gasteiger partial charge in [-0.05, 0) is 349 Å². The van der Waals surface area contributed by atoms with Crippen molar-refractivity contribution in [3.8, 4) is 89.0 Å². The molecule has 5 aliphatic heterocycles. The van der Waals surface area contributed by atoms with E-state index in [-0.39, 0.29) is 29.8 Å². The first-order valence-electron chi connectivity index (χ1n) is 50.1. The smallest absolute Gasteiger partial charge is 0.405 e. The van der Waals surface area contributed by atoms with Crippen LogP contribution in [0.2, 0.25) is 0 Å². The number of hydrogen-bond donors (Lipinski definition) is 0. The first kappa shape index (κ1) is 92.7. The summed E-state index contributed by atoms with van der Waals surface area (Å²) in [7, 11) is -1.49. The molecule has 20 aromatic rings. The van der Waals surface area contributed by atoms with E-state index < -0.39 is 43.2 Å². The number of aromatic nitrogens is 2. The predicted molar refractivity (Wildman–Crippen MR) is 605 cm³/mol. The molecule has 706 valence electrons. The highest BCUT2D eigenvalue weighted by Crippen LogP contribution is 2.67. The summed E-state index contributed by atoms with van der Waals surface area (Å²) in [5, 5.41) is 9.56. The highest BCUT2D eigenvalue weighted by Gasteiger charge is 2.64. The van der Waals surface area contributed by atoms with Gasteiger partial charge in [0.05, 0.1) is 72.8 Å². The van der Waals surface area contributed by atoms with E-state index in [1.807, 2.05) is 73.8 Å². The molecule has 14 heteroatoms. The van der Waals surface area contributed by atoms with Gasteiger partial charge in [0.1, 0.15) is 4.60 Å². The van der Waals surface area contributed by atoms with Crippen molar-refractivity contribution in [2.45, 2.75) is 135 Å². The number of rotatable bonds is 10. The topological polar surface area (TPSA) is 87.6 Å². The minimum absolute atomic E-state index is 0. The molecule has 2 aliphatic carbocycles. The minimum Gasteiger partial charge on any atom is -0.405 e. The van der Waals surface area contributed by atoms with Crippen LogP contribution < -0.4 is 15.4 Å². The van der Waals surface area contributed by atoms with Crippen LogP contribution in [0.25, 0.3) is 132 Å². The van der Waals surface area contributed by atoms with E-state index in [4.69, 9.17) is 37.9 Å². The molecule has 2 aromatic heterocycles. The fraction of sp³-hybridized carbons (Fsp3) is 0.160. The molecule has 3 saturated heterocycles. The van der Waals surface area contributed by atoms with Gasteiger partial charge in [0, 0.05) is 34.9 Å². The van der Waals surface area contributed by atoms with Crippen molar-refractivity contribution in [1.29, 1.82) is 0 Å². The summed E-state index contributed by atoms with van der Waals surface area (Å²) in [5.41, 5.74) is 33.8. The SMILES string of the molecule is Brc1ccc(-c2c3ccccc3c(-c3ccc4c(c3)C3(c5ccccc5-4)c4ccccc4N(c4ccccc4)c4ccccc43)c3cc(-c4ccccc4)ccc23)cn1.C.CC1(C)OB(B2OC(C)(C)C(C)(C)O2)OC1(C)C.CC1(C)OB(c2ccc(-c3c4ccccc4c(-c4ccc5c(c4)C4(c6ccccc6-5)c5ccccc5N(c5ccccc5)c5ccccc54)c4cc(-c5ccccc5)ccc34)cn2)OC1(C)C. The molecule has 0 bridgehead atoms. The van der Waals surface area contributed by atoms with Crippen LogP contribution in [0.1, 0.15) is 135 Å². The summed E-state index contributed by atoms with van der Waals surface area (Å²) in [5.74, 6) is 0. The molecule has 145 heavy (non-hydrogen) atoms. The van der Waals surface area contributed by atoms with Gasteiger partial charge in [-0.15, -0.1) is 0 Å². The molecule has 0 amide bonds. The van der Waals surface area contributed by atoms with Gasteiger partial charge in [0.2, 0.25) is 0 Å². The van der Waals surface area contributed by atoms with Crippen molar-refractivity contribution < 1.29 is 27.9 Å². The third-order valence-electron chi connectivity index (χ3n) is 32.5. The normalized spacial score (nSPS) is 16.7. The number of anilines is 6. The van der Waals surface area contributed by atoms with Crippen molar-refractivity contribution in [3.63, 3.8) is 0 Å². The van der Waals surface area contributed by atoms with Crippen molar-refractivity contribution in [3.05, 3.63) is 474 Å². The second kappa shape index (κ2) is 35.1. The predicted octanol–water partition coefficient (Wildman–Crippen LogP) is 33.0. The molecule has 27 rings (SSSR count). The Morgan fingerprint density at radius 2 is 0.497 bits per heavy atom. The molecule has 0 unspecified atom stereocenters. The van der Waals surface area contributed by atoms with Gasteiger partial charge in [-0.25, -0.2) is 4.98 Å². The number of benzene rings is 18. The Balaban J connectivity index is 0.000000133. The van der Waals surface area contributed by atoms with Crippen LogP contribution in [0.4, 0.5) is 34.1 Å². The van der Waals surface area contributed by atoms with Gasteiger partial charge >= 0.3 is 21.1 Å². The zero-order valence-electron chi connectivity index (χ0n) is 82.8. The van der Waals surface area contributed by atoms with E-state index in [1.54, 1.807) is 0 Å². The van der Waals surface area contributed by atoms with Gasteiger partial charge in [0.15, 0.2) is 0 Å². The minimum atomic E-state index is -0.578. The number of fused-ring (bicyclic) bond motifs is 22. The quantitative estimate of drug-likeness (QED) is 0.0749. The maximum Gasteiger partial charge on any atom is 0.514 e. The molecule has 0 radical (unpaired) electrons. The molecule has 0 atom stereocenters. The van der Waals surface area contributed by atoms with Crippen molar-refractivity contribution in [1.82, 2.24) is 9.97 Å². The van der Waals surface area contributed by atoms with E-state index in [1.165, 1.54) is 183 Å². The lowest BCUT2D eigenvalue weighted by Gasteiger charge is -2.45. The third-order valence-corrected chi connectivity index (χ3v) is 33.0. The standard InChI is InChI=1S/C62H47BN2O2.C56H35BrN2.C12H24B2O4.CH4/c1-60(2)61(3,4)67-63(66-60)57-36-33-43(39-64-57)59-48-25-12-11-24-47(48)58(50-37-41(31-35-49(50)59)40-19-7-5-8-20-40)42-32-34-46-45-23-13-14-26-51(45)62(54(46)38-42)52-27-15-17-29-55(52)65(44-21-9-6-10-22-44)56-30-18-16-28-53(56)62;57-53-32-29-39(35-58-53)55-44-21-8-7-20-43(44)54(46-33-37(27-31-45(46)55)36-15-3-1-4-16-36)38-28-30-42-41-19-9-10-22-47(41)56(50(42)34-38)48-23-11-13-25-51(48)59(40-17-5-2-6-18-40)52-26-14-12-24-49(52)56;1-9(2)10(3,4)16-13(15-9)14-17-11(5,6)12(7,8)18-14;/h5-39H,1-4H3;1-35H;1-8H3;1H4. The number of hydrogen-bond acceptors (Lipinski definition) is 10. The van der Waals surface area contributed by atoms with Gasteiger partial charge in [-0.2, -0.15) is 0 Å². The first-order valence-corrected chi connectivity index (χ1v) is 50.9. The summed E-state index contributed by atoms with van der Waals surface area (Å²) in [6.45, 7) is 24.5. The Morgan fingerprint density at radius 3 is 0.841 bits per heavy atom. The lowest BCUT2D eigenvalue weighted by Crippen LogP contribution is -2.41. The fourth-order valence-corrected chi connectivity index (χ4v) is 23.9. The van der Waals surface area contributed by atoms with E-state index in [2.05, 4.69) is 460 Å². The lowest BCUT2D eigenvalue weighted by molar-refractivity contribution is 0.00578. The van der Waals surface area contributed by atoms with E-state index in [0.29, 0.717) is 0 Å². The molecule has 10 nitrogen and oxygen atoms in total. The molecule has 18 aromatic carbocycles. The Kier molecular flexibility index (Phi) is 22.4. The van der Waals surface area contributed by atoms with Crippen LogP contribution in [0.15, 0.2) is 430 Å². The lowest BCUT2D eigenvalue weighted by atomic mass is 9.49. The Hall–Kier alpha value is -14.7. The monoisotopic (exact) mass is 1950 g/mol. The van der Waals surface area contributed by atoms with Crippen molar-refractivity contribution >= 4 is 120 Å². The summed E-state index contributed by atoms with van der Waals surface area (Å²) >= 11 is 3.58. The van der Waals surface area contributed by atoms with Crippen LogP contribution in [0.3, 0.4) is 0 Å². The highest BCUT2D eigenvalue weighted by molar-refractivity contribution is 9.10. The zero-order valence-corrected chi connectivity index (χ0v) is 84.3. The molecule has 2 spiro atoms. The van der Waals surface area contributed by atoms with Crippen LogP contribution in [-0.2, 0) is 38.8 Å². The average molecular weight is 1950 g/mol. The Morgan fingerprint density at radius 1 is 0.221 bits per heavy atom. The number of para-hydroxylation sites is 6. The maximum atomic E-state index is 6.43. The third kappa shape index (κ3) is 14.7. The molecule has 0 N–H and O–H groups in total. The first-order chi connectivity index (χ1) is 69.8. The molecular formula is C131H110B3BrN4O6. The number of pyridine rings is 2. The highest BCUT2D eigenvalue weighted by atomic mass is 79.9. The van der Waals surface area contributed by atoms with Crippen molar-refractivity contribution in [2.75, 3.05) is 9.80 Å².